The molecule has 0 bridgehead atoms. The molecule has 184 valence electrons. The molecule has 0 spiro atoms. The molecular formula is C31H25BrN2O3. The minimum absolute atomic E-state index is 0.0545. The van der Waals surface area contributed by atoms with Gasteiger partial charge in [0.15, 0.2) is 5.78 Å². The highest BCUT2D eigenvalue weighted by molar-refractivity contribution is 9.10. The van der Waals surface area contributed by atoms with Crippen LogP contribution >= 0.6 is 15.9 Å². The molecule has 0 fully saturated rings. The predicted molar refractivity (Wildman–Crippen MR) is 148 cm³/mol. The summed E-state index contributed by atoms with van der Waals surface area (Å²) in [7, 11) is 1.39. The molecule has 6 heteroatoms. The van der Waals surface area contributed by atoms with Gasteiger partial charge in [-0.2, -0.15) is 0 Å². The van der Waals surface area contributed by atoms with Crippen LogP contribution in [0.1, 0.15) is 45.6 Å². The summed E-state index contributed by atoms with van der Waals surface area (Å²) in [5.41, 5.74) is 8.26. The molecule has 1 aliphatic heterocycles. The molecule has 1 aliphatic carbocycles. The number of nitrogens with one attached hydrogen (secondary N) is 1. The third kappa shape index (κ3) is 3.58. The third-order valence-electron chi connectivity index (χ3n) is 7.48. The molecule has 4 aromatic rings. The number of benzene rings is 3. The fourth-order valence-corrected chi connectivity index (χ4v) is 6.06. The molecule has 1 atom stereocenters. The van der Waals surface area contributed by atoms with Crippen molar-refractivity contribution in [1.29, 1.82) is 0 Å². The molecule has 2 heterocycles. The van der Waals surface area contributed by atoms with Crippen molar-refractivity contribution >= 4 is 44.3 Å². The molecule has 0 saturated heterocycles. The van der Waals surface area contributed by atoms with E-state index in [1.165, 1.54) is 7.11 Å². The Bertz CT molecular complexity index is 1670. The van der Waals surface area contributed by atoms with Crippen LogP contribution in [0.25, 0.3) is 16.6 Å². The Labute approximate surface area is 223 Å². The number of hydrogen-bond acceptors (Lipinski definition) is 4. The van der Waals surface area contributed by atoms with Crippen molar-refractivity contribution in [2.75, 3.05) is 7.11 Å². The normalized spacial score (nSPS) is 16.6. The van der Waals surface area contributed by atoms with Crippen LogP contribution in [0.4, 0.5) is 0 Å². The predicted octanol–water partition coefficient (Wildman–Crippen LogP) is 6.50. The minimum Gasteiger partial charge on any atom is -0.466 e. The van der Waals surface area contributed by atoms with Gasteiger partial charge in [-0.3, -0.25) is 4.79 Å². The molecule has 0 unspecified atom stereocenters. The van der Waals surface area contributed by atoms with Crippen LogP contribution in [0.3, 0.4) is 0 Å². The summed E-state index contributed by atoms with van der Waals surface area (Å²) < 4.78 is 8.56. The molecule has 37 heavy (non-hydrogen) atoms. The number of carbonyl (C=O) groups excluding carboxylic acids is 2. The summed E-state index contributed by atoms with van der Waals surface area (Å²) in [6.45, 7) is 4.62. The highest BCUT2D eigenvalue weighted by Gasteiger charge is 2.44. The third-order valence-corrected chi connectivity index (χ3v) is 8.01. The second kappa shape index (κ2) is 8.89. The minimum atomic E-state index is -0.556. The Morgan fingerprint density at radius 1 is 0.973 bits per heavy atom. The van der Waals surface area contributed by atoms with E-state index in [1.807, 2.05) is 55.5 Å². The SMILES string of the molecule is COC(=O)C1=C(C)NC2=C(C(=O)c3ccccc32)[C@@H]1c1c(C)n(Cc2ccc(Br)cc2)c2ccccc12. The van der Waals surface area contributed by atoms with Gasteiger partial charge in [-0.15, -0.1) is 0 Å². The summed E-state index contributed by atoms with van der Waals surface area (Å²) in [6.07, 6.45) is 0. The summed E-state index contributed by atoms with van der Waals surface area (Å²) in [5, 5.41) is 4.40. The molecule has 1 N–H and O–H groups in total. The van der Waals surface area contributed by atoms with Crippen molar-refractivity contribution in [3.63, 3.8) is 0 Å². The number of hydrogen-bond donors (Lipinski definition) is 1. The van der Waals surface area contributed by atoms with Gasteiger partial charge >= 0.3 is 5.97 Å². The number of carbonyl (C=O) groups is 2. The van der Waals surface area contributed by atoms with E-state index in [9.17, 15) is 9.59 Å². The van der Waals surface area contributed by atoms with Crippen LogP contribution in [0.15, 0.2) is 94.1 Å². The first-order valence-corrected chi connectivity index (χ1v) is 13.0. The number of dihydropyridines is 1. The van der Waals surface area contributed by atoms with E-state index in [4.69, 9.17) is 4.74 Å². The number of para-hydroxylation sites is 1. The number of methoxy groups -OCH3 is 1. The number of allylic oxidation sites excluding steroid dienone is 2. The molecule has 2 aliphatic rings. The molecule has 0 saturated carbocycles. The number of ketones is 1. The van der Waals surface area contributed by atoms with Crippen molar-refractivity contribution in [1.82, 2.24) is 9.88 Å². The molecule has 1 aromatic heterocycles. The van der Waals surface area contributed by atoms with E-state index >= 15 is 0 Å². The number of Topliss-reactive ketones (excluding diaryl/α,β-unsaturated/α-hetero) is 1. The maximum absolute atomic E-state index is 13.9. The van der Waals surface area contributed by atoms with E-state index in [2.05, 4.69) is 57.0 Å². The smallest absolute Gasteiger partial charge is 0.336 e. The number of ether oxygens (including phenoxy) is 1. The highest BCUT2D eigenvalue weighted by Crippen LogP contribution is 2.49. The van der Waals surface area contributed by atoms with Gasteiger partial charge < -0.3 is 14.6 Å². The summed E-state index contributed by atoms with van der Waals surface area (Å²) in [5.74, 6) is -1.05. The van der Waals surface area contributed by atoms with Gasteiger partial charge in [0.05, 0.1) is 24.3 Å². The number of aromatic nitrogens is 1. The van der Waals surface area contributed by atoms with Crippen molar-refractivity contribution < 1.29 is 14.3 Å². The Kier molecular flexibility index (Phi) is 5.64. The van der Waals surface area contributed by atoms with E-state index in [1.54, 1.807) is 0 Å². The first-order chi connectivity index (χ1) is 17.9. The standard InChI is InChI=1S/C31H25BrN2O3/c1-17-25(31(36)37-3)27(28-29(33-17)21-8-4-5-9-22(21)30(28)35)26-18(2)34(24-11-7-6-10-23(24)26)16-19-12-14-20(32)15-13-19/h4-15,27,33H,16H2,1-3H3/t27-/m0/s1. The highest BCUT2D eigenvalue weighted by atomic mass is 79.9. The summed E-state index contributed by atoms with van der Waals surface area (Å²) >= 11 is 3.52. The Morgan fingerprint density at radius 2 is 1.65 bits per heavy atom. The van der Waals surface area contributed by atoms with Gasteiger partial charge in [0.2, 0.25) is 0 Å². The molecule has 0 radical (unpaired) electrons. The molecule has 0 amide bonds. The van der Waals surface area contributed by atoms with Gasteiger partial charge in [0, 0.05) is 50.0 Å². The number of halogens is 1. The van der Waals surface area contributed by atoms with Gasteiger partial charge in [-0.1, -0.05) is 70.5 Å². The lowest BCUT2D eigenvalue weighted by atomic mass is 9.78. The molecule has 6 rings (SSSR count). The van der Waals surface area contributed by atoms with Crippen LogP contribution in [-0.2, 0) is 16.1 Å². The van der Waals surface area contributed by atoms with Gasteiger partial charge in [-0.25, -0.2) is 4.79 Å². The monoisotopic (exact) mass is 552 g/mol. The zero-order valence-electron chi connectivity index (χ0n) is 20.8. The lowest BCUT2D eigenvalue weighted by Crippen LogP contribution is -2.29. The number of fused-ring (bicyclic) bond motifs is 3. The van der Waals surface area contributed by atoms with Crippen LogP contribution in [-0.4, -0.2) is 23.4 Å². The van der Waals surface area contributed by atoms with E-state index < -0.39 is 11.9 Å². The topological polar surface area (TPSA) is 60.3 Å². The van der Waals surface area contributed by atoms with Gasteiger partial charge in [-0.05, 0) is 43.2 Å². The Balaban J connectivity index is 1.62. The number of nitrogens with zero attached hydrogens (tertiary/aromatic N) is 1. The lowest BCUT2D eigenvalue weighted by Gasteiger charge is -2.29. The van der Waals surface area contributed by atoms with Gasteiger partial charge in [0.25, 0.3) is 0 Å². The van der Waals surface area contributed by atoms with Crippen molar-refractivity contribution in [2.24, 2.45) is 0 Å². The average Bonchev–Trinajstić information content (AvgIpc) is 3.35. The maximum Gasteiger partial charge on any atom is 0.336 e. The Hall–Kier alpha value is -3.90. The van der Waals surface area contributed by atoms with Crippen molar-refractivity contribution in [3.8, 4) is 0 Å². The largest absolute Gasteiger partial charge is 0.466 e. The van der Waals surface area contributed by atoms with Crippen LogP contribution in [0, 0.1) is 6.92 Å². The fourth-order valence-electron chi connectivity index (χ4n) is 5.80. The first kappa shape index (κ1) is 23.5. The second-order valence-electron chi connectivity index (χ2n) is 9.48. The Morgan fingerprint density at radius 3 is 2.38 bits per heavy atom. The second-order valence-corrected chi connectivity index (χ2v) is 10.4. The van der Waals surface area contributed by atoms with E-state index in [0.29, 0.717) is 29.0 Å². The van der Waals surface area contributed by atoms with Crippen LogP contribution in [0.2, 0.25) is 0 Å². The van der Waals surface area contributed by atoms with E-state index in [0.717, 1.165) is 43.5 Å². The lowest BCUT2D eigenvalue weighted by molar-refractivity contribution is -0.136. The zero-order valence-corrected chi connectivity index (χ0v) is 22.3. The summed E-state index contributed by atoms with van der Waals surface area (Å²) in [6, 6.07) is 24.1. The van der Waals surface area contributed by atoms with Crippen molar-refractivity contribution in [2.45, 2.75) is 26.3 Å². The average molecular weight is 553 g/mol. The van der Waals surface area contributed by atoms with Crippen LogP contribution < -0.4 is 5.32 Å². The fraction of sp³-hybridized carbons (Fsp3) is 0.161. The zero-order chi connectivity index (χ0) is 25.8. The van der Waals surface area contributed by atoms with Crippen LogP contribution in [0.5, 0.6) is 0 Å². The molecular weight excluding hydrogens is 528 g/mol. The number of esters is 1. The van der Waals surface area contributed by atoms with E-state index in [-0.39, 0.29) is 5.78 Å². The number of rotatable bonds is 4. The molecule has 5 nitrogen and oxygen atoms in total. The van der Waals surface area contributed by atoms with Crippen molar-refractivity contribution in [3.05, 3.63) is 122 Å². The maximum atomic E-state index is 13.9. The van der Waals surface area contributed by atoms with Gasteiger partial charge in [0.1, 0.15) is 0 Å². The quantitative estimate of drug-likeness (QED) is 0.293. The first-order valence-electron chi connectivity index (χ1n) is 12.2. The molecule has 3 aromatic carbocycles. The summed E-state index contributed by atoms with van der Waals surface area (Å²) in [4.78, 5) is 27.1.